The molecule has 6 nitrogen and oxygen atoms in total. The van der Waals surface area contributed by atoms with Gasteiger partial charge in [-0.15, -0.1) is 0 Å². The predicted molar refractivity (Wildman–Crippen MR) is 87.9 cm³/mol. The second kappa shape index (κ2) is 7.39. The van der Waals surface area contributed by atoms with Crippen LogP contribution in [0.5, 0.6) is 0 Å². The summed E-state index contributed by atoms with van der Waals surface area (Å²) in [5.41, 5.74) is 2.00. The number of nitrogens with one attached hydrogen (secondary N) is 1. The third-order valence-electron chi connectivity index (χ3n) is 3.87. The topological polar surface area (TPSA) is 59.4 Å². The number of ether oxygens (including phenoxy) is 1. The normalized spacial score (nSPS) is 18.7. The van der Waals surface area contributed by atoms with Crippen LogP contribution in [0.25, 0.3) is 0 Å². The van der Waals surface area contributed by atoms with E-state index >= 15 is 0 Å². The summed E-state index contributed by atoms with van der Waals surface area (Å²) < 4.78 is 7.40. The molecule has 1 N–H and O–H groups in total. The zero-order valence-electron chi connectivity index (χ0n) is 13.3. The predicted octanol–water partition coefficient (Wildman–Crippen LogP) is 1.65. The molecule has 0 aliphatic carbocycles. The maximum Gasteiger partial charge on any atom is 0.227 e. The molecule has 1 fully saturated rings. The summed E-state index contributed by atoms with van der Waals surface area (Å²) in [7, 11) is 1.82. The van der Waals surface area contributed by atoms with Crippen molar-refractivity contribution in [3.05, 3.63) is 48.3 Å². The van der Waals surface area contributed by atoms with E-state index in [1.807, 2.05) is 13.1 Å². The summed E-state index contributed by atoms with van der Waals surface area (Å²) in [6, 6.07) is 10.4. The first kappa shape index (κ1) is 15.7. The summed E-state index contributed by atoms with van der Waals surface area (Å²) in [6.45, 7) is 3.23. The fraction of sp³-hybridized carbons (Fsp3) is 0.412. The third kappa shape index (κ3) is 4.64. The second-order valence-corrected chi connectivity index (χ2v) is 5.87. The maximum absolute atomic E-state index is 12.1. The quantitative estimate of drug-likeness (QED) is 0.912. The molecule has 1 aromatic carbocycles. The van der Waals surface area contributed by atoms with Crippen LogP contribution >= 0.6 is 0 Å². The number of anilines is 1. The Morgan fingerprint density at radius 3 is 2.96 bits per heavy atom. The molecule has 23 heavy (non-hydrogen) atoms. The Hall–Kier alpha value is -2.18. The fourth-order valence-electron chi connectivity index (χ4n) is 2.79. The zero-order valence-corrected chi connectivity index (χ0v) is 13.3. The summed E-state index contributed by atoms with van der Waals surface area (Å²) >= 11 is 0. The van der Waals surface area contributed by atoms with Gasteiger partial charge in [0.25, 0.3) is 0 Å². The molecule has 1 aliphatic rings. The molecule has 1 amide bonds. The number of morpholine rings is 1. The van der Waals surface area contributed by atoms with Crippen molar-refractivity contribution in [3.8, 4) is 0 Å². The van der Waals surface area contributed by atoms with Gasteiger partial charge >= 0.3 is 0 Å². The Balaban J connectivity index is 1.49. The van der Waals surface area contributed by atoms with E-state index in [0.29, 0.717) is 13.0 Å². The lowest BCUT2D eigenvalue weighted by molar-refractivity contribution is -0.121. The van der Waals surface area contributed by atoms with Crippen molar-refractivity contribution in [1.29, 1.82) is 0 Å². The molecule has 3 rings (SSSR count). The first-order valence-electron chi connectivity index (χ1n) is 7.85. The minimum Gasteiger partial charge on any atom is -0.375 e. The minimum absolute atomic E-state index is 0.0374. The van der Waals surface area contributed by atoms with Crippen molar-refractivity contribution in [2.45, 2.75) is 19.1 Å². The van der Waals surface area contributed by atoms with Gasteiger partial charge in [0.15, 0.2) is 0 Å². The molecule has 2 heterocycles. The lowest BCUT2D eigenvalue weighted by Crippen LogP contribution is -2.43. The molecular formula is C17H22N4O2. The summed E-state index contributed by atoms with van der Waals surface area (Å²) in [6.07, 6.45) is 3.71. The Morgan fingerprint density at radius 1 is 1.39 bits per heavy atom. The number of carbonyl (C=O) groups excluding carboxylic acids is 1. The number of rotatable bonds is 5. The number of amides is 1. The molecule has 6 heteroatoms. The van der Waals surface area contributed by atoms with Crippen molar-refractivity contribution < 1.29 is 9.53 Å². The Bertz CT molecular complexity index is 641. The molecule has 1 aromatic heterocycles. The van der Waals surface area contributed by atoms with E-state index in [4.69, 9.17) is 4.74 Å². The number of aryl methyl sites for hydroxylation is 1. The third-order valence-corrected chi connectivity index (χ3v) is 3.87. The van der Waals surface area contributed by atoms with Crippen molar-refractivity contribution in [1.82, 2.24) is 14.7 Å². The fourth-order valence-corrected chi connectivity index (χ4v) is 2.79. The highest BCUT2D eigenvalue weighted by Crippen LogP contribution is 2.13. The molecule has 2 aromatic rings. The maximum atomic E-state index is 12.1. The summed E-state index contributed by atoms with van der Waals surface area (Å²) in [5, 5.41) is 6.89. The van der Waals surface area contributed by atoms with Crippen LogP contribution in [0.1, 0.15) is 12.0 Å². The highest BCUT2D eigenvalue weighted by atomic mass is 16.5. The number of benzene rings is 1. The molecule has 122 valence electrons. The highest BCUT2D eigenvalue weighted by molar-refractivity contribution is 5.90. The van der Waals surface area contributed by atoms with Gasteiger partial charge in [-0.3, -0.25) is 14.4 Å². The van der Waals surface area contributed by atoms with Crippen LogP contribution < -0.4 is 5.32 Å². The zero-order chi connectivity index (χ0) is 16.1. The molecule has 0 radical (unpaired) electrons. The van der Waals surface area contributed by atoms with Gasteiger partial charge in [0.2, 0.25) is 5.91 Å². The smallest absolute Gasteiger partial charge is 0.227 e. The Labute approximate surface area is 136 Å². The van der Waals surface area contributed by atoms with Gasteiger partial charge in [0, 0.05) is 32.9 Å². The standard InChI is InChI=1S/C17H22N4O2/c1-20-12-15(10-18-20)19-17(22)9-16-13-21(7-8-23-16)11-14-5-3-2-4-6-14/h2-6,10,12,16H,7-9,11,13H2,1H3,(H,19,22)/t16-/m0/s1. The van der Waals surface area contributed by atoms with Gasteiger partial charge in [-0.05, 0) is 5.56 Å². The first-order chi connectivity index (χ1) is 11.2. The van der Waals surface area contributed by atoms with E-state index in [9.17, 15) is 4.79 Å². The SMILES string of the molecule is Cn1cc(NC(=O)C[C@H]2CN(Cc3ccccc3)CCO2)cn1. The Kier molecular flexibility index (Phi) is 5.05. The van der Waals surface area contributed by atoms with Crippen LogP contribution in [0.2, 0.25) is 0 Å². The monoisotopic (exact) mass is 314 g/mol. The van der Waals surface area contributed by atoms with Crippen molar-refractivity contribution in [2.24, 2.45) is 7.05 Å². The van der Waals surface area contributed by atoms with Crippen LogP contribution in [0.4, 0.5) is 5.69 Å². The van der Waals surface area contributed by atoms with Crippen LogP contribution in [-0.4, -0.2) is 46.4 Å². The van der Waals surface area contributed by atoms with Gasteiger partial charge in [-0.25, -0.2) is 0 Å². The van der Waals surface area contributed by atoms with Gasteiger partial charge in [0.1, 0.15) is 0 Å². The molecule has 1 atom stereocenters. The average Bonchev–Trinajstić information content (AvgIpc) is 2.93. The minimum atomic E-state index is -0.0656. The van der Waals surface area contributed by atoms with Gasteiger partial charge in [0.05, 0.1) is 31.0 Å². The van der Waals surface area contributed by atoms with E-state index < -0.39 is 0 Å². The largest absolute Gasteiger partial charge is 0.375 e. The molecule has 0 saturated carbocycles. The Morgan fingerprint density at radius 2 is 2.22 bits per heavy atom. The van der Waals surface area contributed by atoms with E-state index in [1.165, 1.54) is 5.56 Å². The number of hydrogen-bond donors (Lipinski definition) is 1. The van der Waals surface area contributed by atoms with Gasteiger partial charge < -0.3 is 10.1 Å². The van der Waals surface area contributed by atoms with E-state index in [0.717, 1.165) is 25.3 Å². The number of hydrogen-bond acceptors (Lipinski definition) is 4. The molecular weight excluding hydrogens is 292 g/mol. The summed E-state index contributed by atoms with van der Waals surface area (Å²) in [4.78, 5) is 14.4. The molecule has 1 aliphatic heterocycles. The van der Waals surface area contributed by atoms with Crippen molar-refractivity contribution in [3.63, 3.8) is 0 Å². The molecule has 0 bridgehead atoms. The highest BCUT2D eigenvalue weighted by Gasteiger charge is 2.23. The van der Waals surface area contributed by atoms with Crippen LogP contribution in [0, 0.1) is 0 Å². The van der Waals surface area contributed by atoms with E-state index in [2.05, 4.69) is 39.6 Å². The van der Waals surface area contributed by atoms with Crippen molar-refractivity contribution in [2.75, 3.05) is 25.0 Å². The lowest BCUT2D eigenvalue weighted by atomic mass is 10.1. The van der Waals surface area contributed by atoms with Gasteiger partial charge in [-0.2, -0.15) is 5.10 Å². The average molecular weight is 314 g/mol. The first-order valence-corrected chi connectivity index (χ1v) is 7.85. The van der Waals surface area contributed by atoms with Crippen LogP contribution in [0.3, 0.4) is 0 Å². The van der Waals surface area contributed by atoms with Crippen molar-refractivity contribution >= 4 is 11.6 Å². The van der Waals surface area contributed by atoms with E-state index in [1.54, 1.807) is 17.1 Å². The number of carbonyl (C=O) groups is 1. The van der Waals surface area contributed by atoms with Crippen LogP contribution in [-0.2, 0) is 23.1 Å². The van der Waals surface area contributed by atoms with E-state index in [-0.39, 0.29) is 12.0 Å². The number of nitrogens with zero attached hydrogens (tertiary/aromatic N) is 3. The number of aromatic nitrogens is 2. The summed E-state index contributed by atoms with van der Waals surface area (Å²) in [5.74, 6) is -0.0374. The van der Waals surface area contributed by atoms with Crippen LogP contribution in [0.15, 0.2) is 42.7 Å². The second-order valence-electron chi connectivity index (χ2n) is 5.87. The lowest BCUT2D eigenvalue weighted by Gasteiger charge is -2.32. The molecule has 0 spiro atoms. The molecule has 1 saturated heterocycles. The van der Waals surface area contributed by atoms with Gasteiger partial charge in [-0.1, -0.05) is 30.3 Å². The molecule has 0 unspecified atom stereocenters.